The quantitative estimate of drug-likeness (QED) is 0.831. The second kappa shape index (κ2) is 9.55. The average molecular weight is 417 g/mol. The van der Waals surface area contributed by atoms with Crippen molar-refractivity contribution < 1.29 is 4.79 Å². The lowest BCUT2D eigenvalue weighted by atomic mass is 9.91. The minimum atomic E-state index is -0.986. The van der Waals surface area contributed by atoms with Gasteiger partial charge in [0, 0.05) is 37.3 Å². The fourth-order valence-corrected chi connectivity index (χ4v) is 3.85. The number of piperazine rings is 1. The van der Waals surface area contributed by atoms with Gasteiger partial charge in [-0.25, -0.2) is 4.98 Å². The summed E-state index contributed by atoms with van der Waals surface area (Å²) in [7, 11) is 0. The summed E-state index contributed by atoms with van der Waals surface area (Å²) in [6.07, 6.45) is 2.96. The number of amides is 1. The molecule has 0 spiro atoms. The maximum Gasteiger partial charge on any atom is 0.247 e. The number of carbonyl (C=O) groups excluding carboxylic acids is 1. The molecule has 1 unspecified atom stereocenters. The molecule has 2 N–H and O–H groups in total. The van der Waals surface area contributed by atoms with Gasteiger partial charge in [0.2, 0.25) is 5.91 Å². The van der Waals surface area contributed by atoms with E-state index in [-0.39, 0.29) is 30.7 Å². The zero-order valence-electron chi connectivity index (χ0n) is 15.1. The highest BCUT2D eigenvalue weighted by molar-refractivity contribution is 7.15. The number of nitrogens with zero attached hydrogens (tertiary/aromatic N) is 3. The molecule has 0 saturated carbocycles. The van der Waals surface area contributed by atoms with E-state index >= 15 is 0 Å². The van der Waals surface area contributed by atoms with Crippen LogP contribution in [0.2, 0.25) is 0 Å². The summed E-state index contributed by atoms with van der Waals surface area (Å²) in [6, 6.07) is 9.59. The Hall–Kier alpha value is -1.34. The summed E-state index contributed by atoms with van der Waals surface area (Å²) < 4.78 is 0. The number of carbonyl (C=O) groups is 1. The van der Waals surface area contributed by atoms with Gasteiger partial charge in [0.05, 0.1) is 0 Å². The van der Waals surface area contributed by atoms with Crippen molar-refractivity contribution in [3.05, 3.63) is 47.0 Å². The number of hydrogen-bond donors (Lipinski definition) is 1. The second-order valence-corrected chi connectivity index (χ2v) is 7.40. The van der Waals surface area contributed by atoms with Crippen LogP contribution in [0.5, 0.6) is 0 Å². The minimum Gasteiger partial charge on any atom is -0.345 e. The molecule has 1 saturated heterocycles. The van der Waals surface area contributed by atoms with Crippen molar-refractivity contribution in [2.45, 2.75) is 25.8 Å². The molecule has 26 heavy (non-hydrogen) atoms. The van der Waals surface area contributed by atoms with E-state index in [9.17, 15) is 4.79 Å². The highest BCUT2D eigenvalue weighted by Gasteiger charge is 2.35. The highest BCUT2D eigenvalue weighted by atomic mass is 35.5. The molecular formula is C18H26Cl2N4OS. The summed E-state index contributed by atoms with van der Waals surface area (Å²) in [4.78, 5) is 22.8. The molecule has 1 aromatic heterocycles. The first-order chi connectivity index (χ1) is 11.5. The Morgan fingerprint density at radius 2 is 1.81 bits per heavy atom. The van der Waals surface area contributed by atoms with Gasteiger partial charge in [0.25, 0.3) is 0 Å². The van der Waals surface area contributed by atoms with Gasteiger partial charge in [-0.2, -0.15) is 0 Å². The third-order valence-corrected chi connectivity index (χ3v) is 5.75. The number of aryl methyl sites for hydroxylation is 1. The lowest BCUT2D eigenvalue weighted by Gasteiger charge is -2.38. The molecule has 0 radical (unpaired) electrons. The maximum atomic E-state index is 12.9. The lowest BCUT2D eigenvalue weighted by Crippen LogP contribution is -2.56. The Kier molecular flexibility index (Phi) is 8.34. The van der Waals surface area contributed by atoms with Crippen molar-refractivity contribution in [3.8, 4) is 0 Å². The van der Waals surface area contributed by atoms with E-state index in [1.165, 1.54) is 4.88 Å². The third-order valence-electron chi connectivity index (χ3n) is 4.54. The zero-order chi connectivity index (χ0) is 17.2. The van der Waals surface area contributed by atoms with Crippen molar-refractivity contribution in [1.82, 2.24) is 9.88 Å². The minimum absolute atomic E-state index is 0. The van der Waals surface area contributed by atoms with Crippen LogP contribution in [0, 0.1) is 0 Å². The van der Waals surface area contributed by atoms with Gasteiger partial charge in [-0.3, -0.25) is 4.79 Å². The van der Waals surface area contributed by atoms with Gasteiger partial charge in [-0.05, 0) is 18.9 Å². The van der Waals surface area contributed by atoms with Crippen LogP contribution in [0.25, 0.3) is 0 Å². The van der Waals surface area contributed by atoms with Crippen LogP contribution in [0.15, 0.2) is 36.5 Å². The molecule has 8 heteroatoms. The number of thiazole rings is 1. The van der Waals surface area contributed by atoms with Crippen LogP contribution in [-0.4, -0.2) is 42.0 Å². The number of hydrogen-bond acceptors (Lipinski definition) is 5. The van der Waals surface area contributed by atoms with Gasteiger partial charge in [-0.1, -0.05) is 37.3 Å². The first-order valence-electron chi connectivity index (χ1n) is 8.35. The molecular weight excluding hydrogens is 391 g/mol. The summed E-state index contributed by atoms with van der Waals surface area (Å²) in [6.45, 7) is 6.89. The Balaban J connectivity index is 0.00000169. The fourth-order valence-electron chi connectivity index (χ4n) is 2.94. The monoisotopic (exact) mass is 416 g/mol. The number of rotatable bonds is 4. The topological polar surface area (TPSA) is 62.5 Å². The lowest BCUT2D eigenvalue weighted by molar-refractivity contribution is -0.137. The predicted molar refractivity (Wildman–Crippen MR) is 113 cm³/mol. The largest absolute Gasteiger partial charge is 0.345 e. The van der Waals surface area contributed by atoms with Crippen LogP contribution in [0.3, 0.4) is 0 Å². The van der Waals surface area contributed by atoms with E-state index < -0.39 is 5.54 Å². The van der Waals surface area contributed by atoms with Gasteiger partial charge >= 0.3 is 0 Å². The third kappa shape index (κ3) is 4.68. The standard InChI is InChI=1S/C18H24N4OS.2ClH/c1-3-15-13-20-17(24-15)22-11-9-21(10-12-22)16(23)18(2,19)14-7-5-4-6-8-14;;/h4-8,13H,3,9-12,19H2,1-2H3;2*1H. The molecule has 2 aromatic rings. The number of nitrogens with two attached hydrogens (primary N) is 1. The summed E-state index contributed by atoms with van der Waals surface area (Å²) >= 11 is 1.74. The molecule has 1 aromatic carbocycles. The Morgan fingerprint density at radius 1 is 1.19 bits per heavy atom. The smallest absolute Gasteiger partial charge is 0.247 e. The molecule has 144 valence electrons. The van der Waals surface area contributed by atoms with E-state index in [4.69, 9.17) is 5.73 Å². The van der Waals surface area contributed by atoms with Crippen molar-refractivity contribution in [3.63, 3.8) is 0 Å². The average Bonchev–Trinajstić information content (AvgIpc) is 3.11. The molecule has 1 aliphatic heterocycles. The van der Waals surface area contributed by atoms with Gasteiger partial charge < -0.3 is 15.5 Å². The van der Waals surface area contributed by atoms with Crippen LogP contribution in [-0.2, 0) is 16.8 Å². The predicted octanol–water partition coefficient (Wildman–Crippen LogP) is 3.07. The number of aromatic nitrogens is 1. The van der Waals surface area contributed by atoms with Gasteiger partial charge in [-0.15, -0.1) is 36.2 Å². The summed E-state index contributed by atoms with van der Waals surface area (Å²) in [5.41, 5.74) is 6.23. The molecule has 1 fully saturated rings. The molecule has 1 aliphatic rings. The van der Waals surface area contributed by atoms with E-state index in [0.717, 1.165) is 30.2 Å². The zero-order valence-corrected chi connectivity index (χ0v) is 17.5. The highest BCUT2D eigenvalue weighted by Crippen LogP contribution is 2.25. The van der Waals surface area contributed by atoms with Crippen molar-refractivity contribution in [2.24, 2.45) is 5.73 Å². The normalized spacial score (nSPS) is 16.3. The van der Waals surface area contributed by atoms with Crippen LogP contribution in [0.1, 0.15) is 24.3 Å². The first-order valence-corrected chi connectivity index (χ1v) is 9.17. The molecule has 0 aliphatic carbocycles. The van der Waals surface area contributed by atoms with Crippen LogP contribution >= 0.6 is 36.2 Å². The molecule has 1 atom stereocenters. The number of benzene rings is 1. The van der Waals surface area contributed by atoms with Crippen molar-refractivity contribution in [1.29, 1.82) is 0 Å². The van der Waals surface area contributed by atoms with Gasteiger partial charge in [0.1, 0.15) is 5.54 Å². The summed E-state index contributed by atoms with van der Waals surface area (Å²) in [5, 5.41) is 1.05. The van der Waals surface area contributed by atoms with Crippen LogP contribution in [0.4, 0.5) is 5.13 Å². The SMILES string of the molecule is CCc1cnc(N2CCN(C(=O)C(C)(N)c3ccccc3)CC2)s1.Cl.Cl. The number of halogens is 2. The molecule has 5 nitrogen and oxygen atoms in total. The fraction of sp³-hybridized carbons (Fsp3) is 0.444. The van der Waals surface area contributed by atoms with E-state index in [1.807, 2.05) is 41.4 Å². The van der Waals surface area contributed by atoms with Gasteiger partial charge in [0.15, 0.2) is 5.13 Å². The van der Waals surface area contributed by atoms with Crippen molar-refractivity contribution in [2.75, 3.05) is 31.1 Å². The molecule has 2 heterocycles. The van der Waals surface area contributed by atoms with E-state index in [2.05, 4.69) is 16.8 Å². The second-order valence-electron chi connectivity index (χ2n) is 6.31. The molecule has 3 rings (SSSR count). The Labute approximate surface area is 171 Å². The maximum absolute atomic E-state index is 12.9. The number of anilines is 1. The van der Waals surface area contributed by atoms with E-state index in [0.29, 0.717) is 13.1 Å². The Morgan fingerprint density at radius 3 is 2.35 bits per heavy atom. The van der Waals surface area contributed by atoms with Crippen molar-refractivity contribution >= 4 is 47.2 Å². The first kappa shape index (κ1) is 22.7. The van der Waals surface area contributed by atoms with Crippen LogP contribution < -0.4 is 10.6 Å². The summed E-state index contributed by atoms with van der Waals surface area (Å²) in [5.74, 6) is -0.0123. The Bertz CT molecular complexity index is 700. The molecule has 0 bridgehead atoms. The molecule has 1 amide bonds. The van der Waals surface area contributed by atoms with E-state index in [1.54, 1.807) is 18.3 Å².